The standard InChI is InChI=1S/C18H26N4O3S/c1-5-8-9-22-15(19)14(16(23)20-18(22)25)21(7-3)17(24)13-10-11(4)12(6-2)26-13/h10H,5-9,19H2,1-4H3,(H,20,23,25). The molecule has 0 atom stereocenters. The number of nitrogens with two attached hydrogens (primary N) is 1. The van der Waals surface area contributed by atoms with Crippen LogP contribution in [0.2, 0.25) is 0 Å². The zero-order valence-electron chi connectivity index (χ0n) is 15.7. The summed E-state index contributed by atoms with van der Waals surface area (Å²) in [5.74, 6) is -0.246. The highest BCUT2D eigenvalue weighted by molar-refractivity contribution is 7.14. The highest BCUT2D eigenvalue weighted by Gasteiger charge is 2.25. The number of aromatic amines is 1. The number of anilines is 2. The van der Waals surface area contributed by atoms with E-state index in [1.165, 1.54) is 20.8 Å². The topological polar surface area (TPSA) is 101 Å². The molecule has 0 spiro atoms. The third-order valence-electron chi connectivity index (χ3n) is 4.33. The Labute approximate surface area is 156 Å². The Morgan fingerprint density at radius 1 is 1.31 bits per heavy atom. The molecule has 0 fully saturated rings. The lowest BCUT2D eigenvalue weighted by Gasteiger charge is -2.22. The first kappa shape index (κ1) is 20.0. The zero-order valence-corrected chi connectivity index (χ0v) is 16.5. The molecular formula is C18H26N4O3S. The van der Waals surface area contributed by atoms with Crippen molar-refractivity contribution >= 4 is 28.7 Å². The predicted octanol–water partition coefficient (Wildman–Crippen LogP) is 2.52. The molecule has 2 rings (SSSR count). The maximum atomic E-state index is 13.0. The Bertz CT molecular complexity index is 910. The van der Waals surface area contributed by atoms with E-state index in [4.69, 9.17) is 5.73 Å². The van der Waals surface area contributed by atoms with Gasteiger partial charge in [0, 0.05) is 18.0 Å². The summed E-state index contributed by atoms with van der Waals surface area (Å²) in [6.07, 6.45) is 2.48. The minimum Gasteiger partial charge on any atom is -0.383 e. The second kappa shape index (κ2) is 8.35. The molecule has 1 amide bonds. The Balaban J connectivity index is 2.53. The second-order valence-electron chi connectivity index (χ2n) is 6.12. The van der Waals surface area contributed by atoms with Crippen molar-refractivity contribution in [1.82, 2.24) is 9.55 Å². The van der Waals surface area contributed by atoms with Crippen molar-refractivity contribution in [3.63, 3.8) is 0 Å². The molecule has 0 radical (unpaired) electrons. The van der Waals surface area contributed by atoms with Crippen LogP contribution >= 0.6 is 11.3 Å². The Morgan fingerprint density at radius 3 is 2.54 bits per heavy atom. The number of unbranched alkanes of at least 4 members (excludes halogenated alkanes) is 1. The molecule has 0 saturated heterocycles. The number of amides is 1. The summed E-state index contributed by atoms with van der Waals surface area (Å²) in [5.41, 5.74) is 6.05. The second-order valence-corrected chi connectivity index (χ2v) is 7.25. The summed E-state index contributed by atoms with van der Waals surface area (Å²) in [5, 5.41) is 0. The normalized spacial score (nSPS) is 10.9. The zero-order chi connectivity index (χ0) is 19.4. The summed E-state index contributed by atoms with van der Waals surface area (Å²) < 4.78 is 1.33. The van der Waals surface area contributed by atoms with Crippen molar-refractivity contribution in [3.8, 4) is 0 Å². The van der Waals surface area contributed by atoms with E-state index in [0.717, 1.165) is 29.7 Å². The molecule has 142 valence electrons. The van der Waals surface area contributed by atoms with E-state index in [2.05, 4.69) is 4.98 Å². The number of aryl methyl sites for hydroxylation is 2. The van der Waals surface area contributed by atoms with Gasteiger partial charge in [-0.05, 0) is 38.3 Å². The van der Waals surface area contributed by atoms with Crippen LogP contribution in [0.4, 0.5) is 11.5 Å². The third kappa shape index (κ3) is 3.75. The van der Waals surface area contributed by atoms with Crippen LogP contribution in [0.15, 0.2) is 15.7 Å². The number of rotatable bonds is 7. The fraction of sp³-hybridized carbons (Fsp3) is 0.500. The maximum Gasteiger partial charge on any atom is 0.330 e. The lowest BCUT2D eigenvalue weighted by molar-refractivity contribution is 0.0991. The largest absolute Gasteiger partial charge is 0.383 e. The number of aromatic nitrogens is 2. The number of nitrogen functional groups attached to an aromatic ring is 1. The Hall–Kier alpha value is -2.35. The monoisotopic (exact) mass is 378 g/mol. The molecule has 3 N–H and O–H groups in total. The van der Waals surface area contributed by atoms with Gasteiger partial charge in [0.15, 0.2) is 5.69 Å². The Morgan fingerprint density at radius 2 is 2.00 bits per heavy atom. The van der Waals surface area contributed by atoms with Crippen molar-refractivity contribution in [2.24, 2.45) is 0 Å². The number of hydrogen-bond donors (Lipinski definition) is 2. The quantitative estimate of drug-likeness (QED) is 0.773. The van der Waals surface area contributed by atoms with E-state index >= 15 is 0 Å². The molecule has 0 aliphatic carbocycles. The molecule has 0 aliphatic rings. The third-order valence-corrected chi connectivity index (χ3v) is 5.70. The fourth-order valence-corrected chi connectivity index (χ4v) is 3.95. The van der Waals surface area contributed by atoms with Crippen LogP contribution in [0.5, 0.6) is 0 Å². The van der Waals surface area contributed by atoms with Crippen LogP contribution in [0.25, 0.3) is 0 Å². The summed E-state index contributed by atoms with van der Waals surface area (Å²) in [6.45, 7) is 8.45. The van der Waals surface area contributed by atoms with Gasteiger partial charge in [0.2, 0.25) is 0 Å². The number of hydrogen-bond acceptors (Lipinski definition) is 5. The van der Waals surface area contributed by atoms with Crippen LogP contribution in [-0.4, -0.2) is 22.0 Å². The van der Waals surface area contributed by atoms with Crippen LogP contribution in [0.1, 0.15) is 53.7 Å². The molecule has 2 heterocycles. The van der Waals surface area contributed by atoms with Crippen LogP contribution in [-0.2, 0) is 13.0 Å². The molecule has 0 saturated carbocycles. The van der Waals surface area contributed by atoms with E-state index in [1.54, 1.807) is 6.92 Å². The summed E-state index contributed by atoms with van der Waals surface area (Å²) in [4.78, 5) is 42.8. The van der Waals surface area contributed by atoms with Gasteiger partial charge < -0.3 is 10.6 Å². The van der Waals surface area contributed by atoms with Gasteiger partial charge >= 0.3 is 5.69 Å². The van der Waals surface area contributed by atoms with Gasteiger partial charge in [-0.1, -0.05) is 20.3 Å². The number of carbonyl (C=O) groups excluding carboxylic acids is 1. The summed E-state index contributed by atoms with van der Waals surface area (Å²) in [6, 6.07) is 1.84. The van der Waals surface area contributed by atoms with Gasteiger partial charge in [-0.2, -0.15) is 0 Å². The highest BCUT2D eigenvalue weighted by atomic mass is 32.1. The first-order chi connectivity index (χ1) is 12.3. The smallest absolute Gasteiger partial charge is 0.330 e. The average Bonchev–Trinajstić information content (AvgIpc) is 2.98. The van der Waals surface area contributed by atoms with Crippen LogP contribution < -0.4 is 21.9 Å². The van der Waals surface area contributed by atoms with Gasteiger partial charge in [0.05, 0.1) is 4.88 Å². The lowest BCUT2D eigenvalue weighted by Crippen LogP contribution is -2.41. The number of nitrogens with one attached hydrogen (secondary N) is 1. The van der Waals surface area contributed by atoms with Gasteiger partial charge in [-0.3, -0.25) is 19.1 Å². The van der Waals surface area contributed by atoms with Crippen LogP contribution in [0.3, 0.4) is 0 Å². The highest BCUT2D eigenvalue weighted by Crippen LogP contribution is 2.26. The van der Waals surface area contributed by atoms with E-state index in [0.29, 0.717) is 11.4 Å². The van der Waals surface area contributed by atoms with Crippen molar-refractivity contribution in [2.45, 2.75) is 53.5 Å². The predicted molar refractivity (Wildman–Crippen MR) is 106 cm³/mol. The Kier molecular flexibility index (Phi) is 6.42. The van der Waals surface area contributed by atoms with Crippen molar-refractivity contribution < 1.29 is 4.79 Å². The van der Waals surface area contributed by atoms with Gasteiger partial charge in [-0.25, -0.2) is 4.79 Å². The first-order valence-corrected chi connectivity index (χ1v) is 9.70. The van der Waals surface area contributed by atoms with E-state index in [9.17, 15) is 14.4 Å². The molecule has 2 aromatic rings. The SMILES string of the molecule is CCCCn1c(N)c(N(CC)C(=O)c2cc(C)c(CC)s2)c(=O)[nH]c1=O. The van der Waals surface area contributed by atoms with Gasteiger partial charge in [0.25, 0.3) is 11.5 Å². The first-order valence-electron chi connectivity index (χ1n) is 8.89. The number of carbonyl (C=O) groups is 1. The average molecular weight is 378 g/mol. The molecular weight excluding hydrogens is 352 g/mol. The van der Waals surface area contributed by atoms with Crippen molar-refractivity contribution in [2.75, 3.05) is 17.2 Å². The van der Waals surface area contributed by atoms with E-state index < -0.39 is 11.2 Å². The van der Waals surface area contributed by atoms with E-state index in [1.807, 2.05) is 26.8 Å². The molecule has 0 unspecified atom stereocenters. The molecule has 26 heavy (non-hydrogen) atoms. The number of thiophene rings is 1. The fourth-order valence-electron chi connectivity index (χ4n) is 2.89. The molecule has 7 nitrogen and oxygen atoms in total. The molecule has 0 bridgehead atoms. The summed E-state index contributed by atoms with van der Waals surface area (Å²) >= 11 is 1.43. The minimum absolute atomic E-state index is 0.0337. The lowest BCUT2D eigenvalue weighted by atomic mass is 10.2. The molecule has 0 aromatic carbocycles. The maximum absolute atomic E-state index is 13.0. The molecule has 0 aliphatic heterocycles. The van der Waals surface area contributed by atoms with Crippen molar-refractivity contribution in [3.05, 3.63) is 42.2 Å². The van der Waals surface area contributed by atoms with Gasteiger partial charge in [-0.15, -0.1) is 11.3 Å². The van der Waals surface area contributed by atoms with Crippen LogP contribution in [0, 0.1) is 6.92 Å². The minimum atomic E-state index is -0.639. The number of H-pyrrole nitrogens is 1. The number of nitrogens with zero attached hydrogens (tertiary/aromatic N) is 2. The molecule has 8 heteroatoms. The van der Waals surface area contributed by atoms with E-state index in [-0.39, 0.29) is 24.0 Å². The van der Waals surface area contributed by atoms with Gasteiger partial charge in [0.1, 0.15) is 5.82 Å². The summed E-state index contributed by atoms with van der Waals surface area (Å²) in [7, 11) is 0. The van der Waals surface area contributed by atoms with Crippen molar-refractivity contribution in [1.29, 1.82) is 0 Å². The molecule has 2 aromatic heterocycles.